The summed E-state index contributed by atoms with van der Waals surface area (Å²) in [6.45, 7) is 8.06. The topological polar surface area (TPSA) is 12.0 Å². The quantitative estimate of drug-likeness (QED) is 0.640. The molecular weight excluding hydrogens is 170 g/mol. The molecule has 1 aliphatic carbocycles. The van der Waals surface area contributed by atoms with E-state index in [-0.39, 0.29) is 0 Å². The Kier molecular flexibility index (Phi) is 5.24. The third-order valence-corrected chi connectivity index (χ3v) is 3.54. The van der Waals surface area contributed by atoms with Crippen LogP contribution in [0, 0.1) is 5.92 Å². The Morgan fingerprint density at radius 1 is 1.43 bits per heavy atom. The molecule has 0 bridgehead atoms. The van der Waals surface area contributed by atoms with Crippen LogP contribution in [0.15, 0.2) is 11.6 Å². The molecule has 0 saturated heterocycles. The maximum absolute atomic E-state index is 3.62. The van der Waals surface area contributed by atoms with Crippen LogP contribution in [0.1, 0.15) is 52.9 Å². The molecule has 0 radical (unpaired) electrons. The third kappa shape index (κ3) is 3.83. The van der Waals surface area contributed by atoms with Crippen LogP contribution in [0.2, 0.25) is 0 Å². The SMILES string of the molecule is CCC(C)C(C)NCCC1=CCCC1. The molecule has 1 rings (SSSR count). The van der Waals surface area contributed by atoms with Gasteiger partial charge in [-0.25, -0.2) is 0 Å². The minimum Gasteiger partial charge on any atom is -0.314 e. The molecule has 14 heavy (non-hydrogen) atoms. The van der Waals surface area contributed by atoms with Gasteiger partial charge in [-0.05, 0) is 45.1 Å². The van der Waals surface area contributed by atoms with E-state index in [0.717, 1.165) is 12.5 Å². The Morgan fingerprint density at radius 2 is 2.21 bits per heavy atom. The van der Waals surface area contributed by atoms with Gasteiger partial charge in [0.25, 0.3) is 0 Å². The second-order valence-corrected chi connectivity index (χ2v) is 4.63. The van der Waals surface area contributed by atoms with Crippen molar-refractivity contribution in [3.8, 4) is 0 Å². The second kappa shape index (κ2) is 6.23. The number of allylic oxidation sites excluding steroid dienone is 1. The average Bonchev–Trinajstić information content (AvgIpc) is 2.69. The van der Waals surface area contributed by atoms with Crippen LogP contribution in [0.3, 0.4) is 0 Å². The smallest absolute Gasteiger partial charge is 0.00643 e. The summed E-state index contributed by atoms with van der Waals surface area (Å²) in [5, 5.41) is 3.62. The van der Waals surface area contributed by atoms with Gasteiger partial charge in [0.05, 0.1) is 0 Å². The van der Waals surface area contributed by atoms with Gasteiger partial charge in [-0.1, -0.05) is 31.9 Å². The molecule has 1 nitrogen and oxygen atoms in total. The summed E-state index contributed by atoms with van der Waals surface area (Å²) >= 11 is 0. The van der Waals surface area contributed by atoms with Gasteiger partial charge in [0.2, 0.25) is 0 Å². The molecule has 0 heterocycles. The zero-order chi connectivity index (χ0) is 10.4. The fourth-order valence-corrected chi connectivity index (χ4v) is 1.98. The first-order valence-electron chi connectivity index (χ1n) is 6.15. The van der Waals surface area contributed by atoms with E-state index in [4.69, 9.17) is 0 Å². The van der Waals surface area contributed by atoms with E-state index in [0.29, 0.717) is 6.04 Å². The minimum atomic E-state index is 0.669. The number of rotatable bonds is 6. The van der Waals surface area contributed by atoms with E-state index in [1.54, 1.807) is 5.57 Å². The summed E-state index contributed by atoms with van der Waals surface area (Å²) in [6, 6.07) is 0.669. The molecule has 0 aromatic carbocycles. The summed E-state index contributed by atoms with van der Waals surface area (Å²) in [5.74, 6) is 0.799. The second-order valence-electron chi connectivity index (χ2n) is 4.63. The highest BCUT2D eigenvalue weighted by atomic mass is 14.9. The molecule has 1 heteroatoms. The maximum Gasteiger partial charge on any atom is 0.00643 e. The first kappa shape index (κ1) is 11.8. The average molecular weight is 195 g/mol. The van der Waals surface area contributed by atoms with Gasteiger partial charge < -0.3 is 5.32 Å². The summed E-state index contributed by atoms with van der Waals surface area (Å²) in [4.78, 5) is 0. The van der Waals surface area contributed by atoms with E-state index in [1.165, 1.54) is 32.1 Å². The van der Waals surface area contributed by atoms with Crippen LogP contribution >= 0.6 is 0 Å². The van der Waals surface area contributed by atoms with Gasteiger partial charge in [0, 0.05) is 6.04 Å². The fraction of sp³-hybridized carbons (Fsp3) is 0.846. The van der Waals surface area contributed by atoms with Gasteiger partial charge in [-0.15, -0.1) is 0 Å². The predicted octanol–water partition coefficient (Wildman–Crippen LogP) is 3.51. The van der Waals surface area contributed by atoms with Crippen LogP contribution < -0.4 is 5.32 Å². The van der Waals surface area contributed by atoms with Crippen molar-refractivity contribution in [3.05, 3.63) is 11.6 Å². The Balaban J connectivity index is 2.08. The number of hydrogen-bond donors (Lipinski definition) is 1. The zero-order valence-corrected chi connectivity index (χ0v) is 9.97. The van der Waals surface area contributed by atoms with Crippen LogP contribution in [0.5, 0.6) is 0 Å². The highest BCUT2D eigenvalue weighted by Crippen LogP contribution is 2.20. The summed E-state index contributed by atoms with van der Waals surface area (Å²) in [5.41, 5.74) is 1.67. The van der Waals surface area contributed by atoms with E-state index < -0.39 is 0 Å². The molecule has 0 saturated carbocycles. The normalized spacial score (nSPS) is 20.6. The van der Waals surface area contributed by atoms with Gasteiger partial charge in [-0.3, -0.25) is 0 Å². The number of hydrogen-bond acceptors (Lipinski definition) is 1. The lowest BCUT2D eigenvalue weighted by Gasteiger charge is -2.19. The minimum absolute atomic E-state index is 0.669. The first-order chi connectivity index (χ1) is 6.74. The van der Waals surface area contributed by atoms with Crippen molar-refractivity contribution in [2.24, 2.45) is 5.92 Å². The molecule has 82 valence electrons. The van der Waals surface area contributed by atoms with E-state index in [1.807, 2.05) is 0 Å². The van der Waals surface area contributed by atoms with Crippen LogP contribution in [-0.2, 0) is 0 Å². The molecule has 1 N–H and O–H groups in total. The summed E-state index contributed by atoms with van der Waals surface area (Å²) in [6.07, 6.45) is 9.01. The largest absolute Gasteiger partial charge is 0.314 e. The van der Waals surface area contributed by atoms with Crippen molar-refractivity contribution in [2.45, 2.75) is 58.9 Å². The molecular formula is C13H25N. The van der Waals surface area contributed by atoms with Crippen LogP contribution in [-0.4, -0.2) is 12.6 Å². The maximum atomic E-state index is 3.62. The van der Waals surface area contributed by atoms with Crippen molar-refractivity contribution >= 4 is 0 Å². The molecule has 0 amide bonds. The Hall–Kier alpha value is -0.300. The third-order valence-electron chi connectivity index (χ3n) is 3.54. The van der Waals surface area contributed by atoms with Crippen molar-refractivity contribution in [2.75, 3.05) is 6.54 Å². The molecule has 0 aromatic rings. The lowest BCUT2D eigenvalue weighted by Crippen LogP contribution is -2.32. The zero-order valence-electron chi connectivity index (χ0n) is 9.97. The Morgan fingerprint density at radius 3 is 2.79 bits per heavy atom. The monoisotopic (exact) mass is 195 g/mol. The van der Waals surface area contributed by atoms with Gasteiger partial charge in [0.15, 0.2) is 0 Å². The van der Waals surface area contributed by atoms with E-state index in [2.05, 4.69) is 32.2 Å². The summed E-state index contributed by atoms with van der Waals surface area (Å²) < 4.78 is 0. The highest BCUT2D eigenvalue weighted by Gasteiger charge is 2.09. The molecule has 2 atom stereocenters. The molecule has 0 aliphatic heterocycles. The molecule has 0 aromatic heterocycles. The summed E-state index contributed by atoms with van der Waals surface area (Å²) in [7, 11) is 0. The molecule has 0 spiro atoms. The molecule has 2 unspecified atom stereocenters. The Bertz CT molecular complexity index is 184. The van der Waals surface area contributed by atoms with Crippen molar-refractivity contribution in [1.82, 2.24) is 5.32 Å². The van der Waals surface area contributed by atoms with Gasteiger partial charge in [-0.2, -0.15) is 0 Å². The van der Waals surface area contributed by atoms with Crippen LogP contribution in [0.25, 0.3) is 0 Å². The predicted molar refractivity (Wildman–Crippen MR) is 63.5 cm³/mol. The van der Waals surface area contributed by atoms with Crippen LogP contribution in [0.4, 0.5) is 0 Å². The van der Waals surface area contributed by atoms with E-state index >= 15 is 0 Å². The molecule has 1 aliphatic rings. The van der Waals surface area contributed by atoms with Crippen molar-refractivity contribution < 1.29 is 0 Å². The lowest BCUT2D eigenvalue weighted by atomic mass is 10.0. The van der Waals surface area contributed by atoms with E-state index in [9.17, 15) is 0 Å². The highest BCUT2D eigenvalue weighted by molar-refractivity contribution is 5.07. The van der Waals surface area contributed by atoms with Crippen molar-refractivity contribution in [1.29, 1.82) is 0 Å². The fourth-order valence-electron chi connectivity index (χ4n) is 1.98. The first-order valence-corrected chi connectivity index (χ1v) is 6.15. The molecule has 0 fully saturated rings. The Labute approximate surface area is 89.0 Å². The van der Waals surface area contributed by atoms with Crippen molar-refractivity contribution in [3.63, 3.8) is 0 Å². The van der Waals surface area contributed by atoms with Gasteiger partial charge >= 0.3 is 0 Å². The van der Waals surface area contributed by atoms with Gasteiger partial charge in [0.1, 0.15) is 0 Å². The standard InChI is InChI=1S/C13H25N/c1-4-11(2)12(3)14-10-9-13-7-5-6-8-13/h7,11-12,14H,4-6,8-10H2,1-3H3. The number of nitrogens with one attached hydrogen (secondary N) is 1. The lowest BCUT2D eigenvalue weighted by molar-refractivity contribution is 0.392.